The highest BCUT2D eigenvalue weighted by molar-refractivity contribution is 5.59. The summed E-state index contributed by atoms with van der Waals surface area (Å²) in [6.45, 7) is 7.10. The van der Waals surface area contributed by atoms with Gasteiger partial charge in [0.25, 0.3) is 0 Å². The second-order valence-electron chi connectivity index (χ2n) is 9.90. The molecule has 5 rings (SSSR count). The number of carbonyl (C=O) groups excluding carboxylic acids is 1. The number of nitrogens with zero attached hydrogens (tertiary/aromatic N) is 6. The highest BCUT2D eigenvalue weighted by atomic mass is 16.1. The molecule has 2 aromatic heterocycles. The molecule has 2 aromatic rings. The number of aryl methyl sites for hydroxylation is 1. The number of nitrogens with one attached hydrogen (secondary N) is 1. The molecule has 2 fully saturated rings. The number of anilines is 3. The van der Waals surface area contributed by atoms with E-state index in [4.69, 9.17) is 9.97 Å². The van der Waals surface area contributed by atoms with Crippen LogP contribution in [0.25, 0.3) is 0 Å². The second kappa shape index (κ2) is 8.71. The quantitative estimate of drug-likeness (QED) is 0.698. The molecule has 172 valence electrons. The van der Waals surface area contributed by atoms with Crippen molar-refractivity contribution in [3.8, 4) is 0 Å². The Hall–Kier alpha value is -2.64. The number of rotatable bonds is 6. The lowest BCUT2D eigenvalue weighted by atomic mass is 9.89. The van der Waals surface area contributed by atoms with E-state index in [0.717, 1.165) is 82.3 Å². The van der Waals surface area contributed by atoms with Crippen LogP contribution in [0.1, 0.15) is 68.8 Å². The Labute approximate surface area is 190 Å². The third-order valence-corrected chi connectivity index (χ3v) is 7.51. The summed E-state index contributed by atoms with van der Waals surface area (Å²) in [5.41, 5.74) is 3.62. The number of fused-ring (bicyclic) bond motifs is 1. The first kappa shape index (κ1) is 21.2. The van der Waals surface area contributed by atoms with Gasteiger partial charge in [-0.15, -0.1) is 0 Å². The maximum absolute atomic E-state index is 11.4. The molecule has 8 nitrogen and oxygen atoms in total. The van der Waals surface area contributed by atoms with Gasteiger partial charge in [-0.1, -0.05) is 13.8 Å². The van der Waals surface area contributed by atoms with E-state index in [9.17, 15) is 4.79 Å². The average molecular weight is 438 g/mol. The second-order valence-corrected chi connectivity index (χ2v) is 9.90. The van der Waals surface area contributed by atoms with Gasteiger partial charge in [-0.2, -0.15) is 4.98 Å². The van der Waals surface area contributed by atoms with Crippen LogP contribution < -0.4 is 10.2 Å². The largest absolute Gasteiger partial charge is 0.345 e. The summed E-state index contributed by atoms with van der Waals surface area (Å²) in [6, 6.07) is 0.408. The first-order valence-electron chi connectivity index (χ1n) is 12.2. The van der Waals surface area contributed by atoms with Gasteiger partial charge in [0.15, 0.2) is 0 Å². The summed E-state index contributed by atoms with van der Waals surface area (Å²) < 4.78 is 2.13. The van der Waals surface area contributed by atoms with Crippen LogP contribution in [0, 0.1) is 5.92 Å². The van der Waals surface area contributed by atoms with E-state index >= 15 is 0 Å². The Morgan fingerprint density at radius 2 is 1.97 bits per heavy atom. The van der Waals surface area contributed by atoms with Crippen LogP contribution in [0.4, 0.5) is 17.7 Å². The molecule has 32 heavy (non-hydrogen) atoms. The number of imidazole rings is 1. The maximum Gasteiger partial charge on any atom is 0.227 e. The minimum Gasteiger partial charge on any atom is -0.345 e. The van der Waals surface area contributed by atoms with Crippen molar-refractivity contribution in [2.24, 2.45) is 13.0 Å². The third kappa shape index (κ3) is 3.84. The molecule has 4 heterocycles. The first-order chi connectivity index (χ1) is 15.5. The van der Waals surface area contributed by atoms with E-state index in [0.29, 0.717) is 17.9 Å². The molecule has 1 amide bonds. The number of piperidine rings is 1. The molecule has 0 bridgehead atoms. The fourth-order valence-electron chi connectivity index (χ4n) is 5.81. The maximum atomic E-state index is 11.4. The lowest BCUT2D eigenvalue weighted by Gasteiger charge is -2.37. The zero-order valence-electron chi connectivity index (χ0n) is 19.5. The molecule has 0 aromatic carbocycles. The van der Waals surface area contributed by atoms with Crippen molar-refractivity contribution in [1.29, 1.82) is 0 Å². The SMILES string of the molecule is CC(C)c1cnc(Nc2nc(N3CCCC3C3CCCN(C=O)C3)nc3c2CCC3)n1C. The van der Waals surface area contributed by atoms with Crippen LogP contribution in [0.2, 0.25) is 0 Å². The Balaban J connectivity index is 1.44. The summed E-state index contributed by atoms with van der Waals surface area (Å²) in [5, 5.41) is 3.54. The number of aromatic nitrogens is 4. The predicted molar refractivity (Wildman–Crippen MR) is 125 cm³/mol. The number of hydrogen-bond acceptors (Lipinski definition) is 6. The molecule has 0 saturated carbocycles. The Bertz CT molecular complexity index is 985. The van der Waals surface area contributed by atoms with Crippen LogP contribution in [0.15, 0.2) is 6.20 Å². The average Bonchev–Trinajstić information content (AvgIpc) is 3.54. The zero-order chi connectivity index (χ0) is 22.2. The summed E-state index contributed by atoms with van der Waals surface area (Å²) in [6.07, 6.45) is 10.7. The van der Waals surface area contributed by atoms with Gasteiger partial charge in [0.2, 0.25) is 18.3 Å². The van der Waals surface area contributed by atoms with Gasteiger partial charge < -0.3 is 19.7 Å². The Morgan fingerprint density at radius 1 is 1.12 bits per heavy atom. The summed E-state index contributed by atoms with van der Waals surface area (Å²) >= 11 is 0. The molecular weight excluding hydrogens is 402 g/mol. The molecule has 0 radical (unpaired) electrons. The molecule has 8 heteroatoms. The molecule has 0 spiro atoms. The summed E-state index contributed by atoms with van der Waals surface area (Å²) in [4.78, 5) is 30.5. The monoisotopic (exact) mass is 437 g/mol. The summed E-state index contributed by atoms with van der Waals surface area (Å²) in [7, 11) is 2.06. The molecule has 2 unspecified atom stereocenters. The fraction of sp³-hybridized carbons (Fsp3) is 0.667. The highest BCUT2D eigenvalue weighted by Gasteiger charge is 2.36. The zero-order valence-corrected chi connectivity index (χ0v) is 19.5. The van der Waals surface area contributed by atoms with Crippen LogP contribution >= 0.6 is 0 Å². The van der Waals surface area contributed by atoms with Gasteiger partial charge in [-0.25, -0.2) is 9.97 Å². The first-order valence-corrected chi connectivity index (χ1v) is 12.2. The molecule has 1 aliphatic carbocycles. The smallest absolute Gasteiger partial charge is 0.227 e. The number of likely N-dealkylation sites (tertiary alicyclic amines) is 1. The number of hydrogen-bond donors (Lipinski definition) is 1. The van der Waals surface area contributed by atoms with E-state index in [2.05, 4.69) is 40.7 Å². The molecule has 2 saturated heterocycles. The lowest BCUT2D eigenvalue weighted by Crippen LogP contribution is -2.45. The minimum absolute atomic E-state index is 0.408. The van der Waals surface area contributed by atoms with Crippen LogP contribution in [-0.4, -0.2) is 56.5 Å². The van der Waals surface area contributed by atoms with E-state index in [1.54, 1.807) is 0 Å². The normalized spacial score (nSPS) is 23.1. The van der Waals surface area contributed by atoms with E-state index < -0.39 is 0 Å². The Kier molecular flexibility index (Phi) is 5.78. The summed E-state index contributed by atoms with van der Waals surface area (Å²) in [5.74, 6) is 3.50. The van der Waals surface area contributed by atoms with Gasteiger partial charge in [0.05, 0.1) is 11.9 Å². The van der Waals surface area contributed by atoms with Gasteiger partial charge in [-0.05, 0) is 56.8 Å². The van der Waals surface area contributed by atoms with Gasteiger partial charge >= 0.3 is 0 Å². The fourth-order valence-corrected chi connectivity index (χ4v) is 5.81. The van der Waals surface area contributed by atoms with E-state index in [1.165, 1.54) is 23.4 Å². The number of amides is 1. The Morgan fingerprint density at radius 3 is 2.75 bits per heavy atom. The van der Waals surface area contributed by atoms with Gasteiger partial charge in [0.1, 0.15) is 5.82 Å². The minimum atomic E-state index is 0.408. The van der Waals surface area contributed by atoms with Crippen molar-refractivity contribution in [3.05, 3.63) is 23.1 Å². The lowest BCUT2D eigenvalue weighted by molar-refractivity contribution is -0.119. The van der Waals surface area contributed by atoms with Crippen LogP contribution in [0.5, 0.6) is 0 Å². The van der Waals surface area contributed by atoms with Crippen molar-refractivity contribution in [3.63, 3.8) is 0 Å². The van der Waals surface area contributed by atoms with Crippen molar-refractivity contribution < 1.29 is 4.79 Å². The van der Waals surface area contributed by atoms with Crippen LogP contribution in [0.3, 0.4) is 0 Å². The van der Waals surface area contributed by atoms with Crippen molar-refractivity contribution in [2.75, 3.05) is 29.9 Å². The van der Waals surface area contributed by atoms with Gasteiger partial charge in [0, 0.05) is 44.0 Å². The highest BCUT2D eigenvalue weighted by Crippen LogP contribution is 2.36. The topological polar surface area (TPSA) is 79.2 Å². The van der Waals surface area contributed by atoms with Gasteiger partial charge in [-0.3, -0.25) is 4.79 Å². The predicted octanol–water partition coefficient (Wildman–Crippen LogP) is 3.40. The molecule has 1 N–H and O–H groups in total. The number of carbonyl (C=O) groups is 1. The molecule has 2 atom stereocenters. The molecule has 3 aliphatic rings. The van der Waals surface area contributed by atoms with E-state index in [1.807, 2.05) is 11.1 Å². The third-order valence-electron chi connectivity index (χ3n) is 7.51. The molecule has 2 aliphatic heterocycles. The van der Waals surface area contributed by atoms with Crippen molar-refractivity contribution >= 4 is 24.1 Å². The van der Waals surface area contributed by atoms with Crippen molar-refractivity contribution in [1.82, 2.24) is 24.4 Å². The van der Waals surface area contributed by atoms with E-state index in [-0.39, 0.29) is 0 Å². The van der Waals surface area contributed by atoms with Crippen LogP contribution in [-0.2, 0) is 24.7 Å². The molecular formula is C24H35N7O. The standard InChI is InChI=1S/C24H35N7O/c1-16(2)21-13-25-23(29(21)3)27-22-18-8-4-9-19(18)26-24(28-22)31-12-6-10-20(31)17-7-5-11-30(14-17)15-32/h13,15-17,20H,4-12,14H2,1-3H3,(H,25,26,27,28). The van der Waals surface area contributed by atoms with Crippen molar-refractivity contribution in [2.45, 2.75) is 70.8 Å².